The second-order valence-corrected chi connectivity index (χ2v) is 5.18. The Hall–Kier alpha value is -1.47. The van der Waals surface area contributed by atoms with E-state index < -0.39 is 5.97 Å². The predicted molar refractivity (Wildman–Crippen MR) is 70.8 cm³/mol. The van der Waals surface area contributed by atoms with E-state index in [2.05, 4.69) is 26.2 Å². The fourth-order valence-corrected chi connectivity index (χ4v) is 2.48. The first-order valence-electron chi connectivity index (χ1n) is 4.93. The van der Waals surface area contributed by atoms with E-state index in [1.807, 2.05) is 0 Å². The number of nitrogens with one attached hydrogen (secondary N) is 1. The third-order valence-electron chi connectivity index (χ3n) is 2.06. The summed E-state index contributed by atoms with van der Waals surface area (Å²) < 4.78 is 13.5. The van der Waals surface area contributed by atoms with Crippen LogP contribution in [0.4, 0.5) is 15.2 Å². The van der Waals surface area contributed by atoms with Gasteiger partial charge in [0.1, 0.15) is 5.82 Å². The van der Waals surface area contributed by atoms with Crippen LogP contribution in [0.25, 0.3) is 0 Å². The molecule has 18 heavy (non-hydrogen) atoms. The second-order valence-electron chi connectivity index (χ2n) is 3.46. The van der Waals surface area contributed by atoms with Gasteiger partial charge in [-0.1, -0.05) is 0 Å². The molecule has 7 heteroatoms. The number of nitrogens with zero attached hydrogens (tertiary/aromatic N) is 1. The normalized spacial score (nSPS) is 10.3. The summed E-state index contributed by atoms with van der Waals surface area (Å²) >= 11 is 4.53. The lowest BCUT2D eigenvalue weighted by atomic mass is 10.3. The fourth-order valence-electron chi connectivity index (χ4n) is 1.31. The van der Waals surface area contributed by atoms with Crippen LogP contribution in [0.3, 0.4) is 0 Å². The summed E-state index contributed by atoms with van der Waals surface area (Å²) in [4.78, 5) is 14.6. The maximum atomic E-state index is 12.9. The third kappa shape index (κ3) is 3.27. The number of carboxylic acid groups (broad SMARTS) is 1. The van der Waals surface area contributed by atoms with Gasteiger partial charge in [-0.25, -0.2) is 9.37 Å². The van der Waals surface area contributed by atoms with Crippen molar-refractivity contribution >= 4 is 44.1 Å². The van der Waals surface area contributed by atoms with E-state index in [0.717, 1.165) is 0 Å². The summed E-state index contributed by atoms with van der Waals surface area (Å²) in [7, 11) is 0. The highest BCUT2D eigenvalue weighted by Crippen LogP contribution is 2.28. The lowest BCUT2D eigenvalue weighted by molar-refractivity contribution is -0.136. The number of rotatable bonds is 4. The Balaban J connectivity index is 2.13. The summed E-state index contributed by atoms with van der Waals surface area (Å²) in [5.74, 6) is -1.26. The molecule has 0 atom stereocenters. The van der Waals surface area contributed by atoms with E-state index in [4.69, 9.17) is 5.11 Å². The van der Waals surface area contributed by atoms with Crippen LogP contribution in [0.2, 0.25) is 0 Å². The summed E-state index contributed by atoms with van der Waals surface area (Å²) in [6, 6.07) is 4.25. The van der Waals surface area contributed by atoms with Gasteiger partial charge in [0.05, 0.1) is 17.8 Å². The zero-order valence-electron chi connectivity index (χ0n) is 8.98. The van der Waals surface area contributed by atoms with Gasteiger partial charge in [0.25, 0.3) is 0 Å². The Bertz CT molecular complexity index is 588. The number of hydrogen-bond donors (Lipinski definition) is 2. The lowest BCUT2D eigenvalue weighted by Crippen LogP contribution is -2.00. The molecule has 4 nitrogen and oxygen atoms in total. The van der Waals surface area contributed by atoms with Crippen molar-refractivity contribution in [1.82, 2.24) is 4.98 Å². The molecule has 94 valence electrons. The van der Waals surface area contributed by atoms with E-state index in [9.17, 15) is 9.18 Å². The van der Waals surface area contributed by atoms with Crippen molar-refractivity contribution in [3.05, 3.63) is 39.6 Å². The average Bonchev–Trinajstić information content (AvgIpc) is 2.69. The molecule has 2 N–H and O–H groups in total. The number of aliphatic carboxylic acids is 1. The highest BCUT2D eigenvalue weighted by atomic mass is 79.9. The number of aromatic nitrogens is 1. The van der Waals surface area contributed by atoms with Crippen LogP contribution in [0.5, 0.6) is 0 Å². The van der Waals surface area contributed by atoms with Crippen molar-refractivity contribution in [2.45, 2.75) is 6.42 Å². The van der Waals surface area contributed by atoms with Gasteiger partial charge in [-0.2, -0.15) is 0 Å². The van der Waals surface area contributed by atoms with Crippen LogP contribution in [-0.4, -0.2) is 16.1 Å². The SMILES string of the molecule is O=C(O)Cc1csc(Nc2ccc(F)cc2Br)n1. The molecule has 0 aliphatic heterocycles. The third-order valence-corrected chi connectivity index (χ3v) is 3.52. The number of carbonyl (C=O) groups is 1. The first kappa shape index (κ1) is 13.0. The molecule has 0 amide bonds. The zero-order chi connectivity index (χ0) is 13.1. The van der Waals surface area contributed by atoms with Crippen molar-refractivity contribution in [2.75, 3.05) is 5.32 Å². The van der Waals surface area contributed by atoms with Crippen molar-refractivity contribution in [3.8, 4) is 0 Å². The van der Waals surface area contributed by atoms with Gasteiger partial charge in [0, 0.05) is 9.85 Å². The van der Waals surface area contributed by atoms with Crippen molar-refractivity contribution in [3.63, 3.8) is 0 Å². The summed E-state index contributed by atoms with van der Waals surface area (Å²) in [6.07, 6.45) is -0.108. The van der Waals surface area contributed by atoms with E-state index in [1.54, 1.807) is 11.4 Å². The highest BCUT2D eigenvalue weighted by molar-refractivity contribution is 9.10. The quantitative estimate of drug-likeness (QED) is 0.901. The molecule has 0 fully saturated rings. The van der Waals surface area contributed by atoms with Gasteiger partial charge in [-0.05, 0) is 34.1 Å². The lowest BCUT2D eigenvalue weighted by Gasteiger charge is -2.04. The van der Waals surface area contributed by atoms with E-state index >= 15 is 0 Å². The Morgan fingerprint density at radius 2 is 2.33 bits per heavy atom. The Morgan fingerprint density at radius 3 is 3.00 bits per heavy atom. The second kappa shape index (κ2) is 5.45. The largest absolute Gasteiger partial charge is 0.481 e. The monoisotopic (exact) mass is 330 g/mol. The first-order chi connectivity index (χ1) is 8.54. The van der Waals surface area contributed by atoms with Crippen LogP contribution in [0.15, 0.2) is 28.1 Å². The van der Waals surface area contributed by atoms with Crippen LogP contribution in [0.1, 0.15) is 5.69 Å². The number of halogens is 2. The van der Waals surface area contributed by atoms with E-state index in [1.165, 1.54) is 23.5 Å². The maximum absolute atomic E-state index is 12.9. The van der Waals surface area contributed by atoms with Crippen LogP contribution >= 0.6 is 27.3 Å². The van der Waals surface area contributed by atoms with Gasteiger partial charge in [-0.3, -0.25) is 4.79 Å². The number of carboxylic acids is 1. The molecule has 1 aromatic heterocycles. The minimum Gasteiger partial charge on any atom is -0.481 e. The van der Waals surface area contributed by atoms with Crippen LogP contribution < -0.4 is 5.32 Å². The Labute approximate surface area is 115 Å². The number of thiazole rings is 1. The number of hydrogen-bond acceptors (Lipinski definition) is 4. The molecule has 2 aromatic rings. The topological polar surface area (TPSA) is 62.2 Å². The highest BCUT2D eigenvalue weighted by Gasteiger charge is 2.08. The maximum Gasteiger partial charge on any atom is 0.309 e. The molecule has 0 aliphatic carbocycles. The van der Waals surface area contributed by atoms with Crippen LogP contribution in [-0.2, 0) is 11.2 Å². The molecule has 0 saturated heterocycles. The molecule has 0 aliphatic rings. The molecular formula is C11H8BrFN2O2S. The summed E-state index contributed by atoms with van der Waals surface area (Å²) in [6.45, 7) is 0. The molecule has 0 bridgehead atoms. The summed E-state index contributed by atoms with van der Waals surface area (Å²) in [5, 5.41) is 13.9. The molecule has 0 radical (unpaired) electrons. The van der Waals surface area contributed by atoms with E-state index in [0.29, 0.717) is 21.0 Å². The molecule has 0 unspecified atom stereocenters. The first-order valence-corrected chi connectivity index (χ1v) is 6.60. The van der Waals surface area contributed by atoms with Crippen molar-refractivity contribution < 1.29 is 14.3 Å². The minimum absolute atomic E-state index is 0.108. The van der Waals surface area contributed by atoms with Gasteiger partial charge in [-0.15, -0.1) is 11.3 Å². The van der Waals surface area contributed by atoms with Gasteiger partial charge in [0.2, 0.25) is 0 Å². The molecular weight excluding hydrogens is 323 g/mol. The number of benzene rings is 1. The Morgan fingerprint density at radius 1 is 1.56 bits per heavy atom. The summed E-state index contributed by atoms with van der Waals surface area (Å²) in [5.41, 5.74) is 1.17. The van der Waals surface area contributed by atoms with Crippen LogP contribution in [0, 0.1) is 5.82 Å². The van der Waals surface area contributed by atoms with Gasteiger partial charge in [0.15, 0.2) is 5.13 Å². The van der Waals surface area contributed by atoms with Crippen molar-refractivity contribution in [1.29, 1.82) is 0 Å². The minimum atomic E-state index is -0.921. The fraction of sp³-hybridized carbons (Fsp3) is 0.0909. The van der Waals surface area contributed by atoms with E-state index in [-0.39, 0.29) is 12.2 Å². The molecule has 1 aromatic carbocycles. The zero-order valence-corrected chi connectivity index (χ0v) is 11.4. The smallest absolute Gasteiger partial charge is 0.309 e. The predicted octanol–water partition coefficient (Wildman–Crippen LogP) is 3.42. The average molecular weight is 331 g/mol. The van der Waals surface area contributed by atoms with Gasteiger partial charge >= 0.3 is 5.97 Å². The molecule has 2 rings (SSSR count). The van der Waals surface area contributed by atoms with Gasteiger partial charge < -0.3 is 10.4 Å². The van der Waals surface area contributed by atoms with Crippen molar-refractivity contribution in [2.24, 2.45) is 0 Å². The number of anilines is 2. The molecule has 0 spiro atoms. The molecule has 0 saturated carbocycles. The Kier molecular flexibility index (Phi) is 3.93. The molecule has 1 heterocycles. The standard InChI is InChI=1S/C11H8BrFN2O2S/c12-8-3-6(13)1-2-9(8)15-11-14-7(5-18-11)4-10(16)17/h1-3,5H,4H2,(H,14,15)(H,16,17).